The van der Waals surface area contributed by atoms with E-state index in [1.54, 1.807) is 18.1 Å². The van der Waals surface area contributed by atoms with Crippen LogP contribution < -0.4 is 4.74 Å². The van der Waals surface area contributed by atoms with Gasteiger partial charge in [0.2, 0.25) is 5.91 Å². The number of hydrogen-bond acceptors (Lipinski definition) is 4. The van der Waals surface area contributed by atoms with Gasteiger partial charge < -0.3 is 24.3 Å². The van der Waals surface area contributed by atoms with Crippen molar-refractivity contribution < 1.29 is 23.5 Å². The number of nitrogens with one attached hydrogen (secondary N) is 1. The number of hydrogen-bond donors (Lipinski definition) is 1. The van der Waals surface area contributed by atoms with E-state index in [2.05, 4.69) is 11.1 Å². The molecule has 0 aliphatic heterocycles. The average Bonchev–Trinajstić information content (AvgIpc) is 3.39. The minimum absolute atomic E-state index is 0.0513. The number of carbonyl (C=O) groups is 2. The van der Waals surface area contributed by atoms with E-state index in [0.717, 1.165) is 27.8 Å². The fourth-order valence-corrected chi connectivity index (χ4v) is 4.68. The smallest absolute Gasteiger partial charge is 0.257 e. The zero-order valence-corrected chi connectivity index (χ0v) is 23.1. The molecule has 4 rings (SSSR count). The molecular weight excluding hydrogens is 509 g/mol. The van der Waals surface area contributed by atoms with E-state index in [0.29, 0.717) is 39.1 Å². The lowest BCUT2D eigenvalue weighted by atomic mass is 10.1. The molecule has 0 aliphatic rings. The Balaban J connectivity index is 1.55. The van der Waals surface area contributed by atoms with Crippen LogP contribution in [0.4, 0.5) is 4.39 Å². The Morgan fingerprint density at radius 3 is 2.42 bits per heavy atom. The molecule has 210 valence electrons. The van der Waals surface area contributed by atoms with Crippen molar-refractivity contribution in [3.8, 4) is 5.75 Å². The normalized spacial score (nSPS) is 11.0. The van der Waals surface area contributed by atoms with Crippen molar-refractivity contribution in [2.75, 3.05) is 40.0 Å². The number of aromatic nitrogens is 1. The van der Waals surface area contributed by atoms with Gasteiger partial charge in [0.25, 0.3) is 5.91 Å². The summed E-state index contributed by atoms with van der Waals surface area (Å²) in [6, 6.07) is 21.6. The van der Waals surface area contributed by atoms with Gasteiger partial charge in [-0.3, -0.25) is 9.59 Å². The standard InChI is InChI=1S/C32H36FN3O4/c1-3-40-26-15-13-24(14-16-26)22-35(19-17-25-21-34-30-12-7-5-9-27(25)30)31(37)23-36(18-8-20-39-2)32(38)28-10-4-6-11-29(28)33/h4-7,9-16,21,34H,3,8,17-20,22-23H2,1-2H3. The molecule has 8 heteroatoms. The Bertz CT molecular complexity index is 1400. The molecule has 0 fully saturated rings. The molecule has 0 atom stereocenters. The van der Waals surface area contributed by atoms with Crippen molar-refractivity contribution in [3.05, 3.63) is 102 Å². The number of rotatable bonds is 14. The molecule has 0 saturated carbocycles. The lowest BCUT2D eigenvalue weighted by Crippen LogP contribution is -2.44. The van der Waals surface area contributed by atoms with Gasteiger partial charge in [0.1, 0.15) is 18.1 Å². The number of ether oxygens (including phenoxy) is 2. The third-order valence-electron chi connectivity index (χ3n) is 6.78. The van der Waals surface area contributed by atoms with Gasteiger partial charge in [-0.15, -0.1) is 0 Å². The topological polar surface area (TPSA) is 74.9 Å². The molecule has 0 unspecified atom stereocenters. The molecular formula is C32H36FN3O4. The van der Waals surface area contributed by atoms with Gasteiger partial charge in [0.05, 0.1) is 12.2 Å². The number of amides is 2. The van der Waals surface area contributed by atoms with Gasteiger partial charge in [-0.1, -0.05) is 42.5 Å². The van der Waals surface area contributed by atoms with Crippen LogP contribution in [0.2, 0.25) is 0 Å². The molecule has 3 aromatic carbocycles. The van der Waals surface area contributed by atoms with Gasteiger partial charge in [0, 0.05) is 50.5 Å². The van der Waals surface area contributed by atoms with E-state index >= 15 is 0 Å². The van der Waals surface area contributed by atoms with Crippen LogP contribution in [0, 0.1) is 5.82 Å². The van der Waals surface area contributed by atoms with E-state index in [1.165, 1.54) is 23.1 Å². The second kappa shape index (κ2) is 14.3. The summed E-state index contributed by atoms with van der Waals surface area (Å²) >= 11 is 0. The predicted molar refractivity (Wildman–Crippen MR) is 154 cm³/mol. The molecule has 1 aromatic heterocycles. The lowest BCUT2D eigenvalue weighted by molar-refractivity contribution is -0.132. The minimum atomic E-state index is -0.609. The van der Waals surface area contributed by atoms with Crippen molar-refractivity contribution in [1.29, 1.82) is 0 Å². The number of methoxy groups -OCH3 is 1. The van der Waals surface area contributed by atoms with E-state index < -0.39 is 11.7 Å². The van der Waals surface area contributed by atoms with E-state index in [9.17, 15) is 14.0 Å². The number of fused-ring (bicyclic) bond motifs is 1. The van der Waals surface area contributed by atoms with E-state index in [-0.39, 0.29) is 24.6 Å². The first-order chi connectivity index (χ1) is 19.5. The van der Waals surface area contributed by atoms with Gasteiger partial charge in [-0.25, -0.2) is 4.39 Å². The average molecular weight is 546 g/mol. The van der Waals surface area contributed by atoms with Crippen LogP contribution >= 0.6 is 0 Å². The summed E-state index contributed by atoms with van der Waals surface area (Å²) in [4.78, 5) is 33.6. The summed E-state index contributed by atoms with van der Waals surface area (Å²) in [7, 11) is 1.58. The van der Waals surface area contributed by atoms with Crippen molar-refractivity contribution in [2.24, 2.45) is 0 Å². The van der Waals surface area contributed by atoms with Crippen molar-refractivity contribution >= 4 is 22.7 Å². The summed E-state index contributed by atoms with van der Waals surface area (Å²) in [5.41, 5.74) is 3.05. The monoisotopic (exact) mass is 545 g/mol. The zero-order valence-electron chi connectivity index (χ0n) is 23.1. The Labute approximate surface area is 234 Å². The Hall–Kier alpha value is -4.17. The lowest BCUT2D eigenvalue weighted by Gasteiger charge is -2.28. The molecule has 0 saturated heterocycles. The third kappa shape index (κ3) is 7.48. The molecule has 7 nitrogen and oxygen atoms in total. The van der Waals surface area contributed by atoms with E-state index in [1.807, 2.05) is 55.6 Å². The fraction of sp³-hybridized carbons (Fsp3) is 0.312. The number of benzene rings is 3. The van der Waals surface area contributed by atoms with E-state index in [4.69, 9.17) is 9.47 Å². The molecule has 1 N–H and O–H groups in total. The molecule has 0 aliphatic carbocycles. The SMILES string of the molecule is CCOc1ccc(CN(CCc2c[nH]c3ccccc23)C(=O)CN(CCCOC)C(=O)c2ccccc2F)cc1. The second-order valence-electron chi connectivity index (χ2n) is 9.55. The molecule has 1 heterocycles. The third-order valence-corrected chi connectivity index (χ3v) is 6.78. The summed E-state index contributed by atoms with van der Waals surface area (Å²) in [6.45, 7) is 3.85. The zero-order chi connectivity index (χ0) is 28.3. The Kier molecular flexibility index (Phi) is 10.3. The predicted octanol–water partition coefficient (Wildman–Crippen LogP) is 5.46. The Morgan fingerprint density at radius 2 is 1.68 bits per heavy atom. The number of carbonyl (C=O) groups excluding carboxylic acids is 2. The maximum Gasteiger partial charge on any atom is 0.257 e. The van der Waals surface area contributed by atoms with Crippen LogP contribution in [0.5, 0.6) is 5.75 Å². The van der Waals surface area contributed by atoms with Gasteiger partial charge in [-0.2, -0.15) is 0 Å². The fourth-order valence-electron chi connectivity index (χ4n) is 4.68. The van der Waals surface area contributed by atoms with Crippen molar-refractivity contribution in [2.45, 2.75) is 26.3 Å². The first kappa shape index (κ1) is 28.8. The molecule has 0 spiro atoms. The largest absolute Gasteiger partial charge is 0.494 e. The number of para-hydroxylation sites is 1. The van der Waals surface area contributed by atoms with Crippen molar-refractivity contribution in [1.82, 2.24) is 14.8 Å². The molecule has 0 bridgehead atoms. The highest BCUT2D eigenvalue weighted by molar-refractivity contribution is 5.96. The van der Waals surface area contributed by atoms with Crippen molar-refractivity contribution in [3.63, 3.8) is 0 Å². The summed E-state index contributed by atoms with van der Waals surface area (Å²) in [5.74, 6) is -0.568. The van der Waals surface area contributed by atoms with Crippen LogP contribution in [-0.2, 0) is 22.5 Å². The number of H-pyrrole nitrogens is 1. The van der Waals surface area contributed by atoms with Crippen LogP contribution in [0.25, 0.3) is 10.9 Å². The van der Waals surface area contributed by atoms with Gasteiger partial charge >= 0.3 is 0 Å². The Morgan fingerprint density at radius 1 is 0.925 bits per heavy atom. The highest BCUT2D eigenvalue weighted by Gasteiger charge is 2.24. The number of halogens is 1. The summed E-state index contributed by atoms with van der Waals surface area (Å²) in [6.07, 6.45) is 3.14. The first-order valence-corrected chi connectivity index (χ1v) is 13.6. The molecule has 0 radical (unpaired) electrons. The molecule has 2 amide bonds. The first-order valence-electron chi connectivity index (χ1n) is 13.6. The minimum Gasteiger partial charge on any atom is -0.494 e. The van der Waals surface area contributed by atoms with Gasteiger partial charge in [-0.05, 0) is 61.2 Å². The van der Waals surface area contributed by atoms with Crippen LogP contribution in [0.1, 0.15) is 34.8 Å². The molecule has 4 aromatic rings. The highest BCUT2D eigenvalue weighted by Crippen LogP contribution is 2.20. The van der Waals surface area contributed by atoms with Crippen LogP contribution in [0.3, 0.4) is 0 Å². The maximum absolute atomic E-state index is 14.5. The number of aromatic amines is 1. The molecule has 40 heavy (non-hydrogen) atoms. The van der Waals surface area contributed by atoms with Gasteiger partial charge in [0.15, 0.2) is 0 Å². The van der Waals surface area contributed by atoms with Crippen LogP contribution in [0.15, 0.2) is 79.0 Å². The summed E-state index contributed by atoms with van der Waals surface area (Å²) in [5, 5.41) is 1.12. The highest BCUT2D eigenvalue weighted by atomic mass is 19.1. The quantitative estimate of drug-likeness (QED) is 0.214. The number of nitrogens with zero attached hydrogens (tertiary/aromatic N) is 2. The summed E-state index contributed by atoms with van der Waals surface area (Å²) < 4.78 is 25.2. The maximum atomic E-state index is 14.5. The van der Waals surface area contributed by atoms with Crippen LogP contribution in [-0.4, -0.2) is 66.6 Å². The second-order valence-corrected chi connectivity index (χ2v) is 9.55.